The molecule has 6 heteroatoms. The first-order valence-corrected chi connectivity index (χ1v) is 7.22. The minimum Gasteiger partial charge on any atom is -0.373 e. The van der Waals surface area contributed by atoms with Gasteiger partial charge in [0, 0.05) is 24.5 Å². The fourth-order valence-corrected chi connectivity index (χ4v) is 2.63. The van der Waals surface area contributed by atoms with Gasteiger partial charge in [0.2, 0.25) is 0 Å². The molecule has 1 heterocycles. The zero-order chi connectivity index (χ0) is 13.0. The lowest BCUT2D eigenvalue weighted by molar-refractivity contribution is -0.0168. The van der Waals surface area contributed by atoms with E-state index in [0.29, 0.717) is 26.2 Å². The van der Waals surface area contributed by atoms with Gasteiger partial charge < -0.3 is 15.4 Å². The summed E-state index contributed by atoms with van der Waals surface area (Å²) >= 11 is 1.59. The number of halogens is 1. The van der Waals surface area contributed by atoms with Crippen molar-refractivity contribution in [3.63, 3.8) is 0 Å². The first-order chi connectivity index (χ1) is 8.76. The zero-order valence-electron chi connectivity index (χ0n) is 10.9. The van der Waals surface area contributed by atoms with Crippen LogP contribution in [0.4, 0.5) is 0 Å². The van der Waals surface area contributed by atoms with E-state index < -0.39 is 0 Å². The number of morpholine rings is 1. The maximum atomic E-state index is 12.5. The molecule has 1 aromatic carbocycles. The van der Waals surface area contributed by atoms with Gasteiger partial charge in [-0.15, -0.1) is 24.2 Å². The molecule has 19 heavy (non-hydrogen) atoms. The number of carbonyl (C=O) groups excluding carboxylic acids is 1. The van der Waals surface area contributed by atoms with Crippen LogP contribution in [0, 0.1) is 0 Å². The number of thioether (sulfide) groups is 1. The maximum Gasteiger partial charge on any atom is 0.255 e. The third-order valence-electron chi connectivity index (χ3n) is 3.03. The Hall–Kier alpha value is -0.750. The summed E-state index contributed by atoms with van der Waals surface area (Å²) in [6.45, 7) is 2.24. The molecule has 1 atom stereocenters. The Balaban J connectivity index is 0.00000180. The third kappa shape index (κ3) is 3.86. The highest BCUT2D eigenvalue weighted by Gasteiger charge is 2.25. The predicted octanol–water partition coefficient (Wildman–Crippen LogP) is 1.63. The summed E-state index contributed by atoms with van der Waals surface area (Å²) in [5.41, 5.74) is 6.36. The standard InChI is InChI=1S/C13H18N2O2S.ClH/c1-18-12-5-3-2-4-11(12)13(16)15-6-7-17-10(8-14)9-15;/h2-5,10H,6-9,14H2,1H3;1H. The number of amides is 1. The molecule has 1 saturated heterocycles. The molecule has 0 saturated carbocycles. The summed E-state index contributed by atoms with van der Waals surface area (Å²) < 4.78 is 5.48. The zero-order valence-corrected chi connectivity index (χ0v) is 12.5. The van der Waals surface area contributed by atoms with Crippen molar-refractivity contribution in [1.82, 2.24) is 4.90 Å². The number of nitrogens with two attached hydrogens (primary N) is 1. The highest BCUT2D eigenvalue weighted by atomic mass is 35.5. The molecule has 0 aromatic heterocycles. The van der Waals surface area contributed by atoms with E-state index in [1.165, 1.54) is 0 Å². The van der Waals surface area contributed by atoms with Crippen LogP contribution >= 0.6 is 24.2 Å². The molecule has 1 aliphatic heterocycles. The van der Waals surface area contributed by atoms with Crippen LogP contribution in [-0.2, 0) is 4.74 Å². The van der Waals surface area contributed by atoms with E-state index in [1.807, 2.05) is 35.4 Å². The number of carbonyl (C=O) groups is 1. The molecule has 1 fully saturated rings. The quantitative estimate of drug-likeness (QED) is 0.862. The average molecular weight is 303 g/mol. The van der Waals surface area contributed by atoms with Crippen LogP contribution in [0.25, 0.3) is 0 Å². The normalized spacial score (nSPS) is 18.8. The second-order valence-corrected chi connectivity index (χ2v) is 5.03. The summed E-state index contributed by atoms with van der Waals surface area (Å²) in [6, 6.07) is 7.69. The Kier molecular flexibility index (Phi) is 6.65. The molecule has 0 radical (unpaired) electrons. The average Bonchev–Trinajstić information content (AvgIpc) is 2.46. The molecule has 4 nitrogen and oxygen atoms in total. The lowest BCUT2D eigenvalue weighted by Crippen LogP contribution is -2.48. The van der Waals surface area contributed by atoms with Crippen molar-refractivity contribution in [3.8, 4) is 0 Å². The first-order valence-electron chi connectivity index (χ1n) is 6.00. The van der Waals surface area contributed by atoms with E-state index in [0.717, 1.165) is 10.5 Å². The van der Waals surface area contributed by atoms with Crippen molar-refractivity contribution in [2.45, 2.75) is 11.0 Å². The smallest absolute Gasteiger partial charge is 0.255 e. The number of hydrogen-bond donors (Lipinski definition) is 1. The number of hydrogen-bond acceptors (Lipinski definition) is 4. The molecule has 2 rings (SSSR count). The molecule has 106 valence electrons. The lowest BCUT2D eigenvalue weighted by Gasteiger charge is -2.32. The molecular formula is C13H19ClN2O2S. The largest absolute Gasteiger partial charge is 0.373 e. The lowest BCUT2D eigenvalue weighted by atomic mass is 10.1. The Bertz CT molecular complexity index is 431. The van der Waals surface area contributed by atoms with Gasteiger partial charge in [-0.1, -0.05) is 12.1 Å². The summed E-state index contributed by atoms with van der Waals surface area (Å²) in [4.78, 5) is 15.3. The van der Waals surface area contributed by atoms with Crippen molar-refractivity contribution < 1.29 is 9.53 Å². The van der Waals surface area contributed by atoms with Crippen molar-refractivity contribution in [2.75, 3.05) is 32.5 Å². The van der Waals surface area contributed by atoms with Crippen LogP contribution in [-0.4, -0.2) is 49.4 Å². The fourth-order valence-electron chi connectivity index (χ4n) is 2.04. The Morgan fingerprint density at radius 1 is 1.53 bits per heavy atom. The van der Waals surface area contributed by atoms with E-state index in [2.05, 4.69) is 0 Å². The van der Waals surface area contributed by atoms with Gasteiger partial charge in [0.1, 0.15) is 0 Å². The van der Waals surface area contributed by atoms with E-state index in [1.54, 1.807) is 11.8 Å². The molecule has 1 aromatic rings. The summed E-state index contributed by atoms with van der Waals surface area (Å²) in [7, 11) is 0. The third-order valence-corrected chi connectivity index (χ3v) is 3.82. The number of rotatable bonds is 3. The summed E-state index contributed by atoms with van der Waals surface area (Å²) in [5, 5.41) is 0. The van der Waals surface area contributed by atoms with Crippen LogP contribution in [0.2, 0.25) is 0 Å². The highest BCUT2D eigenvalue weighted by Crippen LogP contribution is 2.22. The Morgan fingerprint density at radius 2 is 2.26 bits per heavy atom. The monoisotopic (exact) mass is 302 g/mol. The number of nitrogens with zero attached hydrogens (tertiary/aromatic N) is 1. The van der Waals surface area contributed by atoms with E-state index in [4.69, 9.17) is 10.5 Å². The summed E-state index contributed by atoms with van der Waals surface area (Å²) in [5.74, 6) is 0.0710. The molecule has 0 spiro atoms. The van der Waals surface area contributed by atoms with E-state index in [-0.39, 0.29) is 24.4 Å². The van der Waals surface area contributed by atoms with Crippen LogP contribution in [0.5, 0.6) is 0 Å². The van der Waals surface area contributed by atoms with Gasteiger partial charge in [0.25, 0.3) is 5.91 Å². The van der Waals surface area contributed by atoms with Crippen LogP contribution < -0.4 is 5.73 Å². The molecule has 2 N–H and O–H groups in total. The number of benzene rings is 1. The van der Waals surface area contributed by atoms with E-state index >= 15 is 0 Å². The van der Waals surface area contributed by atoms with Gasteiger partial charge in [-0.2, -0.15) is 0 Å². The molecule has 1 aliphatic rings. The van der Waals surface area contributed by atoms with Gasteiger partial charge in [0.15, 0.2) is 0 Å². The second-order valence-electron chi connectivity index (χ2n) is 4.18. The van der Waals surface area contributed by atoms with Gasteiger partial charge in [-0.05, 0) is 18.4 Å². The van der Waals surface area contributed by atoms with Crippen molar-refractivity contribution >= 4 is 30.1 Å². The van der Waals surface area contributed by atoms with Gasteiger partial charge in [0.05, 0.1) is 18.3 Å². The van der Waals surface area contributed by atoms with Crippen LogP contribution in [0.15, 0.2) is 29.2 Å². The van der Waals surface area contributed by atoms with E-state index in [9.17, 15) is 4.79 Å². The minimum atomic E-state index is -0.0378. The molecule has 1 unspecified atom stereocenters. The number of ether oxygens (including phenoxy) is 1. The summed E-state index contributed by atoms with van der Waals surface area (Å²) in [6.07, 6.45) is 1.94. The topological polar surface area (TPSA) is 55.6 Å². The molecule has 0 bridgehead atoms. The SMILES string of the molecule is CSc1ccccc1C(=O)N1CCOC(CN)C1.Cl. The van der Waals surface area contributed by atoms with Gasteiger partial charge in [-0.25, -0.2) is 0 Å². The first kappa shape index (κ1) is 16.3. The fraction of sp³-hybridized carbons (Fsp3) is 0.462. The molecule has 0 aliphatic carbocycles. The minimum absolute atomic E-state index is 0. The Labute approximate surface area is 124 Å². The molecular weight excluding hydrogens is 284 g/mol. The predicted molar refractivity (Wildman–Crippen MR) is 80.2 cm³/mol. The highest BCUT2D eigenvalue weighted by molar-refractivity contribution is 7.98. The van der Waals surface area contributed by atoms with Crippen molar-refractivity contribution in [2.24, 2.45) is 5.73 Å². The van der Waals surface area contributed by atoms with Crippen molar-refractivity contribution in [1.29, 1.82) is 0 Å². The second kappa shape index (κ2) is 7.75. The van der Waals surface area contributed by atoms with Crippen LogP contribution in [0.3, 0.4) is 0 Å². The Morgan fingerprint density at radius 3 is 2.95 bits per heavy atom. The molecule has 1 amide bonds. The van der Waals surface area contributed by atoms with Crippen LogP contribution in [0.1, 0.15) is 10.4 Å². The maximum absolute atomic E-state index is 12.5. The van der Waals surface area contributed by atoms with Gasteiger partial charge >= 0.3 is 0 Å². The van der Waals surface area contributed by atoms with Crippen molar-refractivity contribution in [3.05, 3.63) is 29.8 Å². The van der Waals surface area contributed by atoms with Gasteiger partial charge in [-0.3, -0.25) is 4.79 Å².